The number of nitrogens with one attached hydrogen (secondary N) is 2. The van der Waals surface area contributed by atoms with Gasteiger partial charge in [-0.1, -0.05) is 36.4 Å². The molecule has 2 aromatic carbocycles. The van der Waals surface area contributed by atoms with Gasteiger partial charge in [-0.15, -0.1) is 0 Å². The van der Waals surface area contributed by atoms with Crippen molar-refractivity contribution in [1.82, 2.24) is 39.4 Å². The number of ether oxygens (including phenoxy) is 6. The largest absolute Gasteiger partial charge is 0.461 e. The lowest BCUT2D eigenvalue weighted by Crippen LogP contribution is -2.45. The van der Waals surface area contributed by atoms with Crippen molar-refractivity contribution in [2.45, 2.75) is 112 Å². The van der Waals surface area contributed by atoms with E-state index < -0.39 is 101 Å². The third-order valence-electron chi connectivity index (χ3n) is 14.0. The van der Waals surface area contributed by atoms with Gasteiger partial charge in [-0.25, -0.2) is 41.3 Å². The van der Waals surface area contributed by atoms with Crippen LogP contribution in [0.2, 0.25) is 0 Å². The molecule has 4 aromatic heterocycles. The first-order valence-electron chi connectivity index (χ1n) is 26.4. The number of nitrogens with two attached hydrogens (primary N) is 2. The fourth-order valence-corrected chi connectivity index (χ4v) is 12.4. The third-order valence-corrected chi connectivity index (χ3v) is 17.2. The minimum absolute atomic E-state index is 0.151. The molecule has 10 rings (SSSR count). The van der Waals surface area contributed by atoms with E-state index in [4.69, 9.17) is 71.1 Å². The van der Waals surface area contributed by atoms with E-state index in [0.717, 1.165) is 0 Å². The van der Waals surface area contributed by atoms with Crippen molar-refractivity contribution in [3.63, 3.8) is 0 Å². The number of nitrogen functional groups attached to an aromatic ring is 2. The number of anilines is 2. The highest BCUT2D eigenvalue weighted by atomic mass is 31.2. The lowest BCUT2D eigenvalue weighted by atomic mass is 10.0. The van der Waals surface area contributed by atoms with Gasteiger partial charge in [0.2, 0.25) is 0 Å². The Morgan fingerprint density at radius 2 is 1.01 bits per heavy atom. The maximum atomic E-state index is 14.0. The maximum absolute atomic E-state index is 14.0. The van der Waals surface area contributed by atoms with Gasteiger partial charge in [-0.3, -0.25) is 37.8 Å². The number of hydrogen-bond donors (Lipinski definition) is 8. The van der Waals surface area contributed by atoms with Crippen LogP contribution in [0, 0.1) is 13.1 Å². The highest BCUT2D eigenvalue weighted by molar-refractivity contribution is 7.52. The molecule has 32 heteroatoms. The van der Waals surface area contributed by atoms with Crippen LogP contribution in [0.25, 0.3) is 20.7 Å². The smallest absolute Gasteiger partial charge is 0.459 e. The Labute approximate surface area is 480 Å². The van der Waals surface area contributed by atoms with Crippen LogP contribution >= 0.6 is 15.5 Å². The summed E-state index contributed by atoms with van der Waals surface area (Å²) < 4.78 is 86.7. The van der Waals surface area contributed by atoms with Gasteiger partial charge in [0, 0.05) is 25.7 Å². The number of carbonyl (C=O) groups excluding carboxylic acids is 2. The summed E-state index contributed by atoms with van der Waals surface area (Å²) in [6, 6.07) is 20.2. The second-order valence-corrected chi connectivity index (χ2v) is 23.2. The van der Waals surface area contributed by atoms with Gasteiger partial charge >= 0.3 is 38.9 Å². The predicted octanol–water partition coefficient (Wildman–Crippen LogP) is 3.25. The molecule has 30 nitrogen and oxygen atoms in total. The minimum atomic E-state index is -4.42. The van der Waals surface area contributed by atoms with Crippen molar-refractivity contribution in [3.8, 4) is 11.5 Å². The Kier molecular flexibility index (Phi) is 19.3. The number of para-hydroxylation sites is 2. The zero-order valence-corrected chi connectivity index (χ0v) is 47.0. The van der Waals surface area contributed by atoms with E-state index in [9.17, 15) is 39.1 Å². The van der Waals surface area contributed by atoms with E-state index in [1.165, 1.54) is 59.8 Å². The molecule has 8 heterocycles. The third kappa shape index (κ3) is 13.6. The number of aromatic nitrogens is 6. The van der Waals surface area contributed by atoms with Crippen LogP contribution in [-0.4, -0.2) is 161 Å². The topological polar surface area (TPSA) is 387 Å². The van der Waals surface area contributed by atoms with E-state index in [2.05, 4.69) is 40.0 Å². The average molecular weight is 1210 g/mol. The molecule has 0 radical (unpaired) electrons. The molecule has 4 aliphatic rings. The van der Waals surface area contributed by atoms with E-state index in [0.29, 0.717) is 74.5 Å². The summed E-state index contributed by atoms with van der Waals surface area (Å²) in [5.74, 6) is -0.708. The second-order valence-electron chi connectivity index (χ2n) is 19.8. The van der Waals surface area contributed by atoms with Gasteiger partial charge < -0.3 is 59.9 Å². The summed E-state index contributed by atoms with van der Waals surface area (Å²) in [6.07, 6.45) is -5.33. The van der Waals surface area contributed by atoms with E-state index >= 15 is 0 Å². The number of rotatable bonds is 20. The summed E-state index contributed by atoms with van der Waals surface area (Å²) in [4.78, 5) is 40.3. The molecule has 0 aliphatic carbocycles. The van der Waals surface area contributed by atoms with Gasteiger partial charge in [0.05, 0.1) is 37.8 Å². The Balaban J connectivity index is 0.000000202. The highest BCUT2D eigenvalue weighted by Gasteiger charge is 2.64. The van der Waals surface area contributed by atoms with E-state index in [1.54, 1.807) is 60.7 Å². The standard InChI is InChI=1S/2C26H31N6O9P/c2*1-16(25(35)39-17-10-12-37-13-11-17)31-42(36,41-18-6-4-3-5-7-18)38-14-26(28-2)23(34)21(33)22(40-26)19-8-9-20-24(27)29-15-30-32(19)20/h2*3-9,15-17,21-23,33-34H,10-14H2,1H3,(H,31,36)(H2,27,29,30)/t16-,21-,22-,23-,26+,42+;16-,21-,22-,23-,26+,42-/m00/s1. The predicted molar refractivity (Wildman–Crippen MR) is 291 cm³/mol. The lowest BCUT2D eigenvalue weighted by molar-refractivity contribution is -0.155. The fourth-order valence-electron chi connectivity index (χ4n) is 9.39. The van der Waals surface area contributed by atoms with Crippen molar-refractivity contribution in [2.75, 3.05) is 51.1 Å². The summed E-state index contributed by atoms with van der Waals surface area (Å²) in [5, 5.41) is 57.1. The number of esters is 2. The van der Waals surface area contributed by atoms with Gasteiger partial charge in [-0.2, -0.15) is 20.4 Å². The molecule has 0 saturated carbocycles. The highest BCUT2D eigenvalue weighted by Crippen LogP contribution is 2.51. The molecule has 10 N–H and O–H groups in total. The minimum Gasteiger partial charge on any atom is -0.461 e. The van der Waals surface area contributed by atoms with Crippen LogP contribution in [-0.2, 0) is 56.2 Å². The molecule has 0 unspecified atom stereocenters. The first-order valence-corrected chi connectivity index (χ1v) is 29.5. The molecule has 448 valence electrons. The van der Waals surface area contributed by atoms with Gasteiger partial charge in [0.25, 0.3) is 0 Å². The number of aliphatic hydroxyl groups excluding tert-OH is 4. The molecule has 4 aliphatic heterocycles. The van der Waals surface area contributed by atoms with Gasteiger partial charge in [0.1, 0.15) is 83.9 Å². The fraction of sp³-hybridized carbons (Fsp3) is 0.462. The monoisotopic (exact) mass is 1200 g/mol. The average Bonchev–Trinajstić information content (AvgIpc) is 3.49. The molecule has 4 fully saturated rings. The number of fused-ring (bicyclic) bond motifs is 2. The Morgan fingerprint density at radius 1 is 0.643 bits per heavy atom. The molecular weight excluding hydrogens is 1140 g/mol. The van der Waals surface area contributed by atoms with Gasteiger partial charge in [0.15, 0.2) is 37.1 Å². The summed E-state index contributed by atoms with van der Waals surface area (Å²) in [5.41, 5.74) is 8.85. The van der Waals surface area contributed by atoms with Crippen LogP contribution in [0.5, 0.6) is 11.5 Å². The SMILES string of the molecule is [C-]#[N+][C@]1(CO[P@@](=O)(N[C@@H](C)C(=O)OC2CCOCC2)Oc2ccccc2)O[C@@H](c2ccc3c(N)ncnn23)[C@H](O)[C@@H]1O.[C-]#[N+][C@]1(CO[P@](=O)(N[C@@H](C)C(=O)OC2CCOCC2)Oc2ccccc2)O[C@@H](c2ccc3c(N)ncnn23)[C@H](O)[C@@H]1O. The molecule has 0 amide bonds. The van der Waals surface area contributed by atoms with E-state index in [-0.39, 0.29) is 35.3 Å². The zero-order chi connectivity index (χ0) is 59.8. The molecule has 12 atom stereocenters. The lowest BCUT2D eigenvalue weighted by Gasteiger charge is -2.27. The van der Waals surface area contributed by atoms with Crippen LogP contribution in [0.15, 0.2) is 97.6 Å². The number of hydrogen-bond acceptors (Lipinski definition) is 24. The molecule has 84 heavy (non-hydrogen) atoms. The van der Waals surface area contributed by atoms with Crippen LogP contribution in [0.4, 0.5) is 11.6 Å². The summed E-state index contributed by atoms with van der Waals surface area (Å²) in [7, 11) is -8.84. The molecule has 0 spiro atoms. The molecule has 0 bridgehead atoms. The number of benzene rings is 2. The number of carbonyl (C=O) groups is 2. The number of nitrogens with zero attached hydrogens (tertiary/aromatic N) is 8. The Hall–Kier alpha value is -7.22. The van der Waals surface area contributed by atoms with Crippen LogP contribution < -0.4 is 30.7 Å². The van der Waals surface area contributed by atoms with Crippen molar-refractivity contribution in [1.29, 1.82) is 0 Å². The van der Waals surface area contributed by atoms with Gasteiger partial charge in [-0.05, 0) is 62.4 Å². The molecular formula is C52H62N12O18P2. The van der Waals surface area contributed by atoms with Crippen molar-refractivity contribution < 1.29 is 85.7 Å². The summed E-state index contributed by atoms with van der Waals surface area (Å²) in [6.45, 7) is 18.8. The van der Waals surface area contributed by atoms with E-state index in [1.807, 2.05) is 0 Å². The van der Waals surface area contributed by atoms with Crippen molar-refractivity contribution in [2.24, 2.45) is 0 Å². The van der Waals surface area contributed by atoms with Crippen molar-refractivity contribution in [3.05, 3.63) is 132 Å². The normalized spacial score (nSPS) is 26.8. The zero-order valence-electron chi connectivity index (χ0n) is 45.2. The van der Waals surface area contributed by atoms with Crippen LogP contribution in [0.1, 0.15) is 63.1 Å². The maximum Gasteiger partial charge on any atom is 0.459 e. The molecule has 6 aromatic rings. The second kappa shape index (κ2) is 26.4. The van der Waals surface area contributed by atoms with Crippen LogP contribution in [0.3, 0.4) is 0 Å². The Bertz CT molecular complexity index is 3210. The summed E-state index contributed by atoms with van der Waals surface area (Å²) >= 11 is 0. The van der Waals surface area contributed by atoms with Crippen molar-refractivity contribution >= 4 is 50.1 Å². The Morgan fingerprint density at radius 3 is 1.37 bits per heavy atom. The first kappa shape index (κ1) is 61.3. The number of aliphatic hydroxyl groups is 4. The quantitative estimate of drug-likeness (QED) is 0.0309. The first-order chi connectivity index (χ1) is 40.3. The molecule has 4 saturated heterocycles.